The summed E-state index contributed by atoms with van der Waals surface area (Å²) in [6, 6.07) is 0. The maximum absolute atomic E-state index is 5.70. The zero-order valence-electron chi connectivity index (χ0n) is 10.3. The molecular formula is C13H21N3. The molecule has 1 aliphatic rings. The Morgan fingerprint density at radius 1 is 1.38 bits per heavy atom. The summed E-state index contributed by atoms with van der Waals surface area (Å²) in [4.78, 5) is 9.19. The first-order valence-corrected chi connectivity index (χ1v) is 6.32. The first-order valence-electron chi connectivity index (χ1n) is 6.32. The Morgan fingerprint density at radius 2 is 2.19 bits per heavy atom. The number of nitrogens with zero attached hydrogens (tertiary/aromatic N) is 2. The van der Waals surface area contributed by atoms with Crippen molar-refractivity contribution in [3.8, 4) is 0 Å². The van der Waals surface area contributed by atoms with Crippen LogP contribution in [0.5, 0.6) is 0 Å². The topological polar surface area (TPSA) is 51.8 Å². The Bertz CT molecular complexity index is 356. The monoisotopic (exact) mass is 219 g/mol. The largest absolute Gasteiger partial charge is 0.330 e. The van der Waals surface area contributed by atoms with Crippen LogP contribution in [0.15, 0.2) is 0 Å². The molecule has 1 atom stereocenters. The van der Waals surface area contributed by atoms with Crippen molar-refractivity contribution in [3.05, 3.63) is 22.8 Å². The zero-order chi connectivity index (χ0) is 11.5. The van der Waals surface area contributed by atoms with E-state index in [0.29, 0.717) is 5.92 Å². The van der Waals surface area contributed by atoms with Gasteiger partial charge in [-0.05, 0) is 57.1 Å². The van der Waals surface area contributed by atoms with Crippen LogP contribution >= 0.6 is 0 Å². The van der Waals surface area contributed by atoms with E-state index in [1.165, 1.54) is 29.8 Å². The molecule has 0 saturated carbocycles. The van der Waals surface area contributed by atoms with Crippen molar-refractivity contribution < 1.29 is 0 Å². The Morgan fingerprint density at radius 3 is 2.88 bits per heavy atom. The lowest BCUT2D eigenvalue weighted by atomic mass is 9.82. The zero-order valence-corrected chi connectivity index (χ0v) is 10.3. The molecule has 88 valence electrons. The lowest BCUT2D eigenvalue weighted by Gasteiger charge is -2.26. The third-order valence-corrected chi connectivity index (χ3v) is 3.44. The summed E-state index contributed by atoms with van der Waals surface area (Å²) >= 11 is 0. The predicted molar refractivity (Wildman–Crippen MR) is 65.5 cm³/mol. The van der Waals surface area contributed by atoms with Gasteiger partial charge in [-0.1, -0.05) is 6.92 Å². The van der Waals surface area contributed by atoms with Crippen molar-refractivity contribution in [2.75, 3.05) is 6.54 Å². The number of fused-ring (bicyclic) bond motifs is 1. The molecule has 1 aromatic rings. The van der Waals surface area contributed by atoms with Gasteiger partial charge in [0, 0.05) is 11.4 Å². The second-order valence-corrected chi connectivity index (χ2v) is 4.60. The van der Waals surface area contributed by atoms with Crippen molar-refractivity contribution in [2.24, 2.45) is 5.73 Å². The summed E-state index contributed by atoms with van der Waals surface area (Å²) in [5.74, 6) is 1.52. The minimum absolute atomic E-state index is 0.601. The lowest BCUT2D eigenvalue weighted by molar-refractivity contribution is 0.508. The van der Waals surface area contributed by atoms with E-state index in [9.17, 15) is 0 Å². The molecule has 3 heteroatoms. The van der Waals surface area contributed by atoms with Gasteiger partial charge in [0.05, 0.1) is 0 Å². The van der Waals surface area contributed by atoms with Gasteiger partial charge >= 0.3 is 0 Å². The van der Waals surface area contributed by atoms with Gasteiger partial charge in [-0.15, -0.1) is 0 Å². The molecule has 0 aromatic carbocycles. The molecule has 2 rings (SSSR count). The number of hydrogen-bond acceptors (Lipinski definition) is 3. The predicted octanol–water partition coefficient (Wildman–Crippen LogP) is 2.12. The molecule has 2 N–H and O–H groups in total. The molecule has 0 aliphatic heterocycles. The summed E-state index contributed by atoms with van der Waals surface area (Å²) in [7, 11) is 0. The number of aromatic nitrogens is 2. The Kier molecular flexibility index (Phi) is 3.54. The second-order valence-electron chi connectivity index (χ2n) is 4.60. The van der Waals surface area contributed by atoms with Gasteiger partial charge in [0.25, 0.3) is 0 Å². The van der Waals surface area contributed by atoms with Crippen LogP contribution in [0.4, 0.5) is 0 Å². The van der Waals surface area contributed by atoms with Crippen LogP contribution in [0.2, 0.25) is 0 Å². The standard InChI is InChI=1S/C13H21N3/c1-3-11-13-10(7-8-14)5-4-6-12(13)16-9(2)15-11/h10H,3-8,14H2,1-2H3. The van der Waals surface area contributed by atoms with Crippen LogP contribution in [0, 0.1) is 6.92 Å². The van der Waals surface area contributed by atoms with Gasteiger partial charge in [-0.25, -0.2) is 9.97 Å². The average molecular weight is 219 g/mol. The summed E-state index contributed by atoms with van der Waals surface area (Å²) in [6.45, 7) is 4.93. The summed E-state index contributed by atoms with van der Waals surface area (Å²) in [6.07, 6.45) is 5.70. The highest BCUT2D eigenvalue weighted by Crippen LogP contribution is 2.34. The molecule has 1 unspecified atom stereocenters. The van der Waals surface area contributed by atoms with E-state index >= 15 is 0 Å². The third-order valence-electron chi connectivity index (χ3n) is 3.44. The fourth-order valence-electron chi connectivity index (χ4n) is 2.78. The van der Waals surface area contributed by atoms with Crippen LogP contribution in [0.25, 0.3) is 0 Å². The van der Waals surface area contributed by atoms with Gasteiger partial charge < -0.3 is 5.73 Å². The summed E-state index contributed by atoms with van der Waals surface area (Å²) in [5.41, 5.74) is 9.65. The van der Waals surface area contributed by atoms with Gasteiger partial charge in [0.2, 0.25) is 0 Å². The minimum Gasteiger partial charge on any atom is -0.330 e. The van der Waals surface area contributed by atoms with E-state index in [4.69, 9.17) is 5.73 Å². The molecule has 1 aliphatic carbocycles. The van der Waals surface area contributed by atoms with Gasteiger partial charge in [-0.2, -0.15) is 0 Å². The van der Waals surface area contributed by atoms with Crippen LogP contribution in [0.1, 0.15) is 54.9 Å². The van der Waals surface area contributed by atoms with Crippen molar-refractivity contribution >= 4 is 0 Å². The number of nitrogens with two attached hydrogens (primary N) is 1. The van der Waals surface area contributed by atoms with Gasteiger partial charge in [0.1, 0.15) is 5.82 Å². The molecule has 1 heterocycles. The highest BCUT2D eigenvalue weighted by atomic mass is 14.9. The normalized spacial score (nSPS) is 19.6. The molecule has 16 heavy (non-hydrogen) atoms. The van der Waals surface area contributed by atoms with E-state index in [0.717, 1.165) is 31.6 Å². The molecule has 0 bridgehead atoms. The second kappa shape index (κ2) is 4.91. The Labute approximate surface area is 97.5 Å². The molecular weight excluding hydrogens is 198 g/mol. The van der Waals surface area contributed by atoms with Crippen molar-refractivity contribution in [1.29, 1.82) is 0 Å². The van der Waals surface area contributed by atoms with Gasteiger partial charge in [0.15, 0.2) is 0 Å². The highest BCUT2D eigenvalue weighted by Gasteiger charge is 2.24. The number of aryl methyl sites for hydroxylation is 3. The first kappa shape index (κ1) is 11.5. The van der Waals surface area contributed by atoms with E-state index in [1.54, 1.807) is 0 Å². The SMILES string of the molecule is CCc1nc(C)nc2c1C(CCN)CCC2. The van der Waals surface area contributed by atoms with Crippen LogP contribution < -0.4 is 5.73 Å². The highest BCUT2D eigenvalue weighted by molar-refractivity contribution is 5.32. The van der Waals surface area contributed by atoms with Crippen LogP contribution in [0.3, 0.4) is 0 Å². The van der Waals surface area contributed by atoms with Crippen molar-refractivity contribution in [2.45, 2.75) is 51.9 Å². The van der Waals surface area contributed by atoms with E-state index in [-0.39, 0.29) is 0 Å². The van der Waals surface area contributed by atoms with Gasteiger partial charge in [-0.3, -0.25) is 0 Å². The number of hydrogen-bond donors (Lipinski definition) is 1. The lowest BCUT2D eigenvalue weighted by Crippen LogP contribution is -2.19. The maximum Gasteiger partial charge on any atom is 0.125 e. The fraction of sp³-hybridized carbons (Fsp3) is 0.692. The molecule has 0 spiro atoms. The molecule has 0 saturated heterocycles. The fourth-order valence-corrected chi connectivity index (χ4v) is 2.78. The Hall–Kier alpha value is -0.960. The van der Waals surface area contributed by atoms with Crippen molar-refractivity contribution in [1.82, 2.24) is 9.97 Å². The quantitative estimate of drug-likeness (QED) is 0.847. The van der Waals surface area contributed by atoms with E-state index < -0.39 is 0 Å². The average Bonchev–Trinajstić information content (AvgIpc) is 2.28. The summed E-state index contributed by atoms with van der Waals surface area (Å²) < 4.78 is 0. The van der Waals surface area contributed by atoms with Crippen LogP contribution in [-0.4, -0.2) is 16.5 Å². The molecule has 0 amide bonds. The van der Waals surface area contributed by atoms with Crippen LogP contribution in [-0.2, 0) is 12.8 Å². The number of rotatable bonds is 3. The first-order chi connectivity index (χ1) is 7.76. The van der Waals surface area contributed by atoms with E-state index in [1.807, 2.05) is 6.92 Å². The molecule has 0 fully saturated rings. The minimum atomic E-state index is 0.601. The molecule has 3 nitrogen and oxygen atoms in total. The maximum atomic E-state index is 5.70. The summed E-state index contributed by atoms with van der Waals surface area (Å²) in [5, 5.41) is 0. The molecule has 0 radical (unpaired) electrons. The van der Waals surface area contributed by atoms with Crippen molar-refractivity contribution in [3.63, 3.8) is 0 Å². The molecule has 1 aromatic heterocycles. The third kappa shape index (κ3) is 2.09. The van der Waals surface area contributed by atoms with E-state index in [2.05, 4.69) is 16.9 Å². The Balaban J connectivity index is 2.44. The smallest absolute Gasteiger partial charge is 0.125 e.